The minimum atomic E-state index is -0.443. The van der Waals surface area contributed by atoms with Gasteiger partial charge in [0, 0.05) is 22.4 Å². The highest BCUT2D eigenvalue weighted by molar-refractivity contribution is 6.14. The molecule has 0 spiro atoms. The molecule has 1 N–H and O–H groups in total. The second-order valence-electron chi connectivity index (χ2n) is 4.19. The summed E-state index contributed by atoms with van der Waals surface area (Å²) < 4.78 is 4.75. The molecule has 0 aliphatic carbocycles. The van der Waals surface area contributed by atoms with Gasteiger partial charge in [0.15, 0.2) is 0 Å². The van der Waals surface area contributed by atoms with Crippen LogP contribution in [-0.4, -0.2) is 23.2 Å². The van der Waals surface area contributed by atoms with Crippen LogP contribution in [0.1, 0.15) is 10.4 Å². The Labute approximate surface area is 109 Å². The fourth-order valence-electron chi connectivity index (χ4n) is 2.25. The number of nitrogens with zero attached hydrogens (tertiary/aromatic N) is 1. The maximum atomic E-state index is 11.7. The standard InChI is InChI=1S/C15H11NO3/c1-19-15(18)11-6-7-16-14-10-5-3-2-4-9(10)13(17)8-12(11)14/h2-8,17H,1H3. The largest absolute Gasteiger partial charge is 0.507 e. The van der Waals surface area contributed by atoms with Crippen LogP contribution in [0.4, 0.5) is 0 Å². The molecule has 0 aliphatic heterocycles. The Morgan fingerprint density at radius 3 is 2.63 bits per heavy atom. The van der Waals surface area contributed by atoms with Gasteiger partial charge in [0.1, 0.15) is 5.75 Å². The van der Waals surface area contributed by atoms with Crippen LogP contribution < -0.4 is 0 Å². The fourth-order valence-corrected chi connectivity index (χ4v) is 2.25. The molecule has 0 atom stereocenters. The van der Waals surface area contributed by atoms with Gasteiger partial charge in [0.05, 0.1) is 18.2 Å². The third kappa shape index (κ3) is 1.69. The van der Waals surface area contributed by atoms with Gasteiger partial charge < -0.3 is 9.84 Å². The smallest absolute Gasteiger partial charge is 0.338 e. The molecule has 1 heterocycles. The number of phenols is 1. The van der Waals surface area contributed by atoms with Crippen molar-refractivity contribution in [3.8, 4) is 5.75 Å². The molecule has 19 heavy (non-hydrogen) atoms. The first-order valence-electron chi connectivity index (χ1n) is 5.80. The van der Waals surface area contributed by atoms with Crippen LogP contribution in [0.5, 0.6) is 5.75 Å². The lowest BCUT2D eigenvalue weighted by Crippen LogP contribution is -2.02. The minimum Gasteiger partial charge on any atom is -0.507 e. The van der Waals surface area contributed by atoms with Crippen molar-refractivity contribution >= 4 is 27.6 Å². The van der Waals surface area contributed by atoms with Gasteiger partial charge in [-0.3, -0.25) is 4.98 Å². The molecule has 0 fully saturated rings. The van der Waals surface area contributed by atoms with Crippen LogP contribution in [0, 0.1) is 0 Å². The number of aromatic nitrogens is 1. The van der Waals surface area contributed by atoms with Crippen LogP contribution in [0.3, 0.4) is 0 Å². The van der Waals surface area contributed by atoms with E-state index in [0.717, 1.165) is 5.39 Å². The van der Waals surface area contributed by atoms with E-state index in [-0.39, 0.29) is 5.75 Å². The maximum Gasteiger partial charge on any atom is 0.338 e. The van der Waals surface area contributed by atoms with Crippen molar-refractivity contribution in [3.63, 3.8) is 0 Å². The number of carbonyl (C=O) groups excluding carboxylic acids is 1. The molecule has 0 bridgehead atoms. The molecule has 2 aromatic carbocycles. The van der Waals surface area contributed by atoms with Gasteiger partial charge in [-0.05, 0) is 12.1 Å². The second-order valence-corrected chi connectivity index (χ2v) is 4.19. The van der Waals surface area contributed by atoms with E-state index >= 15 is 0 Å². The lowest BCUT2D eigenvalue weighted by Gasteiger charge is -2.08. The number of rotatable bonds is 1. The predicted octanol–water partition coefficient (Wildman–Crippen LogP) is 2.88. The number of aromatic hydroxyl groups is 1. The van der Waals surface area contributed by atoms with E-state index in [4.69, 9.17) is 4.74 Å². The van der Waals surface area contributed by atoms with Crippen molar-refractivity contribution < 1.29 is 14.6 Å². The van der Waals surface area contributed by atoms with Gasteiger partial charge in [-0.25, -0.2) is 4.79 Å². The van der Waals surface area contributed by atoms with Crippen molar-refractivity contribution in [3.05, 3.63) is 48.2 Å². The third-order valence-corrected chi connectivity index (χ3v) is 3.13. The van der Waals surface area contributed by atoms with Gasteiger partial charge in [-0.2, -0.15) is 0 Å². The van der Waals surface area contributed by atoms with E-state index < -0.39 is 5.97 Å². The number of phenolic OH excluding ortho intramolecular Hbond substituents is 1. The van der Waals surface area contributed by atoms with E-state index in [1.807, 2.05) is 24.3 Å². The quantitative estimate of drug-likeness (QED) is 0.535. The molecule has 3 rings (SSSR count). The van der Waals surface area contributed by atoms with Crippen molar-refractivity contribution in [2.45, 2.75) is 0 Å². The predicted molar refractivity (Wildman–Crippen MR) is 72.3 cm³/mol. The molecule has 0 saturated heterocycles. The summed E-state index contributed by atoms with van der Waals surface area (Å²) in [5.74, 6) is -0.316. The lowest BCUT2D eigenvalue weighted by molar-refractivity contribution is 0.0603. The average molecular weight is 253 g/mol. The molecule has 3 aromatic rings. The van der Waals surface area contributed by atoms with Crippen LogP contribution in [-0.2, 0) is 4.74 Å². The summed E-state index contributed by atoms with van der Waals surface area (Å²) in [7, 11) is 1.33. The summed E-state index contributed by atoms with van der Waals surface area (Å²) in [5, 5.41) is 12.2. The Morgan fingerprint density at radius 2 is 1.89 bits per heavy atom. The van der Waals surface area contributed by atoms with E-state index in [9.17, 15) is 9.90 Å². The number of pyridine rings is 1. The van der Waals surface area contributed by atoms with Crippen molar-refractivity contribution in [1.82, 2.24) is 4.98 Å². The van der Waals surface area contributed by atoms with Crippen molar-refractivity contribution in [2.75, 3.05) is 7.11 Å². The van der Waals surface area contributed by atoms with Gasteiger partial charge in [-0.1, -0.05) is 24.3 Å². The molecule has 1 aromatic heterocycles. The number of fused-ring (bicyclic) bond motifs is 3. The Kier molecular flexibility index (Phi) is 2.56. The lowest BCUT2D eigenvalue weighted by atomic mass is 10.0. The van der Waals surface area contributed by atoms with E-state index in [1.54, 1.807) is 18.3 Å². The zero-order chi connectivity index (χ0) is 13.4. The summed E-state index contributed by atoms with van der Waals surface area (Å²) in [6.07, 6.45) is 1.57. The topological polar surface area (TPSA) is 59.4 Å². The molecule has 4 heteroatoms. The normalized spacial score (nSPS) is 10.8. The maximum absolute atomic E-state index is 11.7. The molecule has 4 nitrogen and oxygen atoms in total. The Balaban J connectivity index is 2.49. The van der Waals surface area contributed by atoms with Crippen LogP contribution >= 0.6 is 0 Å². The first-order chi connectivity index (χ1) is 9.22. The number of ether oxygens (including phenoxy) is 1. The van der Waals surface area contributed by atoms with E-state index in [0.29, 0.717) is 21.9 Å². The summed E-state index contributed by atoms with van der Waals surface area (Å²) in [6, 6.07) is 10.5. The Bertz CT molecular complexity index is 796. The minimum absolute atomic E-state index is 0.126. The van der Waals surface area contributed by atoms with Crippen LogP contribution in [0.15, 0.2) is 42.6 Å². The fraction of sp³-hybridized carbons (Fsp3) is 0.0667. The number of hydrogen-bond acceptors (Lipinski definition) is 4. The van der Waals surface area contributed by atoms with Crippen molar-refractivity contribution in [2.24, 2.45) is 0 Å². The van der Waals surface area contributed by atoms with Crippen molar-refractivity contribution in [1.29, 1.82) is 0 Å². The highest BCUT2D eigenvalue weighted by atomic mass is 16.5. The summed E-state index contributed by atoms with van der Waals surface area (Å²) >= 11 is 0. The van der Waals surface area contributed by atoms with Gasteiger partial charge in [0.2, 0.25) is 0 Å². The van der Waals surface area contributed by atoms with Gasteiger partial charge in [0.25, 0.3) is 0 Å². The number of methoxy groups -OCH3 is 1. The third-order valence-electron chi connectivity index (χ3n) is 3.13. The first-order valence-corrected chi connectivity index (χ1v) is 5.80. The van der Waals surface area contributed by atoms with Crippen LogP contribution in [0.2, 0.25) is 0 Å². The first kappa shape index (κ1) is 11.5. The number of carbonyl (C=O) groups is 1. The van der Waals surface area contributed by atoms with E-state index in [1.165, 1.54) is 7.11 Å². The van der Waals surface area contributed by atoms with E-state index in [2.05, 4.69) is 4.98 Å². The summed E-state index contributed by atoms with van der Waals surface area (Å²) in [5.41, 5.74) is 1.07. The summed E-state index contributed by atoms with van der Waals surface area (Å²) in [4.78, 5) is 16.1. The number of benzene rings is 2. The highest BCUT2D eigenvalue weighted by Crippen LogP contribution is 2.32. The highest BCUT2D eigenvalue weighted by Gasteiger charge is 2.14. The molecule has 0 radical (unpaired) electrons. The number of hydrogen-bond donors (Lipinski definition) is 1. The molecule has 0 amide bonds. The molecule has 0 unspecified atom stereocenters. The van der Waals surface area contributed by atoms with Gasteiger partial charge in [-0.15, -0.1) is 0 Å². The summed E-state index contributed by atoms with van der Waals surface area (Å²) in [6.45, 7) is 0. The van der Waals surface area contributed by atoms with Gasteiger partial charge >= 0.3 is 5.97 Å². The Morgan fingerprint density at radius 1 is 1.16 bits per heavy atom. The number of esters is 1. The molecule has 0 aliphatic rings. The molecule has 0 saturated carbocycles. The SMILES string of the molecule is COC(=O)c1ccnc2c1cc(O)c1ccccc12. The second kappa shape index (κ2) is 4.24. The average Bonchev–Trinajstić information content (AvgIpc) is 2.46. The zero-order valence-corrected chi connectivity index (χ0v) is 10.3. The monoisotopic (exact) mass is 253 g/mol. The van der Waals surface area contributed by atoms with Crippen LogP contribution in [0.25, 0.3) is 21.7 Å². The Hall–Kier alpha value is -2.62. The zero-order valence-electron chi connectivity index (χ0n) is 10.3. The molecular formula is C15H11NO3. The molecular weight excluding hydrogens is 242 g/mol. The molecule has 94 valence electrons.